The Morgan fingerprint density at radius 3 is 2.81 bits per heavy atom. The number of hydroxylamine groups is 3. The molecule has 1 unspecified atom stereocenters. The Bertz CT molecular complexity index is 883. The third-order valence-electron chi connectivity index (χ3n) is 4.94. The molecule has 1 aromatic heterocycles. The Morgan fingerprint density at radius 2 is 2.12 bits per heavy atom. The number of pyridine rings is 1. The Morgan fingerprint density at radius 1 is 1.31 bits per heavy atom. The summed E-state index contributed by atoms with van der Waals surface area (Å²) in [6.07, 6.45) is 1.71. The summed E-state index contributed by atoms with van der Waals surface area (Å²) in [5, 5.41) is 22.5. The smallest absolute Gasteiger partial charge is 0.238 e. The SMILES string of the molecule is N#Cc1ccc2c(c1)C(c1ccc(C[N+]3(O)CCOCC3)cn1)C(=O)N2. The quantitative estimate of drug-likeness (QED) is 0.822. The number of hydrogen-bond acceptors (Lipinski definition) is 5. The van der Waals surface area contributed by atoms with Gasteiger partial charge >= 0.3 is 0 Å². The van der Waals surface area contributed by atoms with Crippen LogP contribution in [-0.2, 0) is 16.1 Å². The predicted molar refractivity (Wildman–Crippen MR) is 92.2 cm³/mol. The van der Waals surface area contributed by atoms with E-state index in [4.69, 9.17) is 10.00 Å². The number of anilines is 1. The van der Waals surface area contributed by atoms with Gasteiger partial charge in [-0.05, 0) is 35.9 Å². The number of carbonyl (C=O) groups is 1. The summed E-state index contributed by atoms with van der Waals surface area (Å²) < 4.78 is 5.24. The zero-order valence-electron chi connectivity index (χ0n) is 14.2. The van der Waals surface area contributed by atoms with Gasteiger partial charge in [0.1, 0.15) is 25.6 Å². The zero-order valence-corrected chi connectivity index (χ0v) is 14.2. The molecule has 4 rings (SSSR count). The van der Waals surface area contributed by atoms with Crippen LogP contribution < -0.4 is 5.32 Å². The van der Waals surface area contributed by atoms with Crippen LogP contribution in [0.3, 0.4) is 0 Å². The molecule has 1 fully saturated rings. The van der Waals surface area contributed by atoms with Crippen molar-refractivity contribution in [3.63, 3.8) is 0 Å². The van der Waals surface area contributed by atoms with E-state index in [1.165, 1.54) is 0 Å². The van der Waals surface area contributed by atoms with Crippen LogP contribution in [0.15, 0.2) is 36.5 Å². The van der Waals surface area contributed by atoms with Crippen LogP contribution in [0.4, 0.5) is 5.69 Å². The monoisotopic (exact) mass is 351 g/mol. The van der Waals surface area contributed by atoms with Crippen molar-refractivity contribution in [3.8, 4) is 6.07 Å². The molecule has 0 aliphatic carbocycles. The second-order valence-corrected chi connectivity index (χ2v) is 6.74. The number of nitrogens with one attached hydrogen (secondary N) is 1. The van der Waals surface area contributed by atoms with Gasteiger partial charge in [-0.3, -0.25) is 9.78 Å². The molecule has 1 amide bonds. The first kappa shape index (κ1) is 16.7. The molecule has 2 aliphatic heterocycles. The number of ether oxygens (including phenoxy) is 1. The van der Waals surface area contributed by atoms with Gasteiger partial charge in [0.15, 0.2) is 0 Å². The van der Waals surface area contributed by atoms with E-state index in [0.717, 1.165) is 16.8 Å². The number of fused-ring (bicyclic) bond motifs is 1. The van der Waals surface area contributed by atoms with Gasteiger partial charge in [-0.1, -0.05) is 0 Å². The van der Waals surface area contributed by atoms with Crippen LogP contribution in [0.5, 0.6) is 0 Å². The fraction of sp³-hybridized carbons (Fsp3) is 0.316. The number of amides is 1. The van der Waals surface area contributed by atoms with E-state index < -0.39 is 5.92 Å². The molecule has 132 valence electrons. The van der Waals surface area contributed by atoms with Gasteiger partial charge in [-0.2, -0.15) is 9.91 Å². The molecule has 7 heteroatoms. The van der Waals surface area contributed by atoms with Crippen molar-refractivity contribution in [1.29, 1.82) is 5.26 Å². The number of nitrogens with zero attached hydrogens (tertiary/aromatic N) is 3. The van der Waals surface area contributed by atoms with Gasteiger partial charge < -0.3 is 10.1 Å². The highest BCUT2D eigenvalue weighted by Gasteiger charge is 2.34. The van der Waals surface area contributed by atoms with E-state index in [1.54, 1.807) is 24.4 Å². The molecular weight excluding hydrogens is 332 g/mol. The maximum atomic E-state index is 12.4. The lowest BCUT2D eigenvalue weighted by molar-refractivity contribution is -1.12. The Balaban J connectivity index is 1.58. The molecule has 7 nitrogen and oxygen atoms in total. The minimum absolute atomic E-state index is 0.0562. The van der Waals surface area contributed by atoms with E-state index in [1.807, 2.05) is 12.1 Å². The lowest BCUT2D eigenvalue weighted by Gasteiger charge is -2.33. The number of rotatable bonds is 3. The topological polar surface area (TPSA) is 95.2 Å². The molecule has 1 atom stereocenters. The summed E-state index contributed by atoms with van der Waals surface area (Å²) >= 11 is 0. The van der Waals surface area contributed by atoms with E-state index in [2.05, 4.69) is 16.4 Å². The lowest BCUT2D eigenvalue weighted by atomic mass is 9.95. The molecule has 1 saturated heterocycles. The fourth-order valence-corrected chi connectivity index (χ4v) is 3.51. The van der Waals surface area contributed by atoms with Crippen molar-refractivity contribution in [2.75, 3.05) is 31.6 Å². The van der Waals surface area contributed by atoms with Crippen LogP contribution in [-0.4, -0.2) is 47.0 Å². The molecule has 0 saturated carbocycles. The largest absolute Gasteiger partial charge is 0.370 e. The van der Waals surface area contributed by atoms with Gasteiger partial charge in [0.25, 0.3) is 0 Å². The molecule has 2 aromatic rings. The fourth-order valence-electron chi connectivity index (χ4n) is 3.51. The van der Waals surface area contributed by atoms with E-state index in [9.17, 15) is 10.0 Å². The normalized spacial score (nSPS) is 20.9. The van der Waals surface area contributed by atoms with Crippen molar-refractivity contribution < 1.29 is 19.4 Å². The van der Waals surface area contributed by atoms with Crippen LogP contribution in [0.25, 0.3) is 0 Å². The average Bonchev–Trinajstić information content (AvgIpc) is 2.97. The first-order valence-electron chi connectivity index (χ1n) is 8.54. The van der Waals surface area contributed by atoms with Crippen molar-refractivity contribution in [2.45, 2.75) is 12.5 Å². The third kappa shape index (κ3) is 3.06. The minimum Gasteiger partial charge on any atom is -0.370 e. The molecule has 1 aromatic carbocycles. The highest BCUT2D eigenvalue weighted by Crippen LogP contribution is 2.36. The number of quaternary nitrogens is 1. The van der Waals surface area contributed by atoms with Crippen LogP contribution in [0.1, 0.15) is 28.3 Å². The standard InChI is InChI=1S/C19H18N4O3/c20-10-13-1-3-16-15(9-13)18(19(24)22-16)17-4-2-14(11-21-17)12-23(25)5-7-26-8-6-23/h1-4,9,11,18,25H,5-8,12H2/p+1. The minimum atomic E-state index is -0.520. The van der Waals surface area contributed by atoms with Crippen molar-refractivity contribution in [3.05, 3.63) is 58.9 Å². The van der Waals surface area contributed by atoms with E-state index >= 15 is 0 Å². The highest BCUT2D eigenvalue weighted by molar-refractivity contribution is 6.04. The molecule has 2 N–H and O–H groups in total. The number of morpholine rings is 1. The number of benzene rings is 1. The number of aromatic nitrogens is 1. The maximum absolute atomic E-state index is 12.4. The highest BCUT2D eigenvalue weighted by atomic mass is 16.6. The van der Waals surface area contributed by atoms with Crippen molar-refractivity contribution in [2.24, 2.45) is 0 Å². The molecule has 2 aliphatic rings. The number of hydrogen-bond donors (Lipinski definition) is 2. The van der Waals surface area contributed by atoms with Gasteiger partial charge in [0, 0.05) is 17.4 Å². The lowest BCUT2D eigenvalue weighted by Crippen LogP contribution is -2.51. The summed E-state index contributed by atoms with van der Waals surface area (Å²) in [5.74, 6) is -0.665. The molecule has 3 heterocycles. The van der Waals surface area contributed by atoms with Crippen LogP contribution in [0.2, 0.25) is 0 Å². The summed E-state index contributed by atoms with van der Waals surface area (Å²) in [7, 11) is 0. The molecule has 0 spiro atoms. The van der Waals surface area contributed by atoms with Gasteiger partial charge in [-0.15, -0.1) is 0 Å². The Labute approximate surface area is 151 Å². The second kappa shape index (κ2) is 6.50. The maximum Gasteiger partial charge on any atom is 0.238 e. The summed E-state index contributed by atoms with van der Waals surface area (Å²) in [4.78, 5) is 16.9. The van der Waals surface area contributed by atoms with Gasteiger partial charge in [0.05, 0.1) is 30.5 Å². The van der Waals surface area contributed by atoms with Crippen molar-refractivity contribution in [1.82, 2.24) is 4.98 Å². The summed E-state index contributed by atoms with van der Waals surface area (Å²) in [6, 6.07) is 11.0. The summed E-state index contributed by atoms with van der Waals surface area (Å²) in [6.45, 7) is 2.65. The number of nitriles is 1. The molecular formula is C19H19N4O3+. The van der Waals surface area contributed by atoms with Gasteiger partial charge in [0.2, 0.25) is 5.91 Å². The van der Waals surface area contributed by atoms with Crippen molar-refractivity contribution >= 4 is 11.6 Å². The third-order valence-corrected chi connectivity index (χ3v) is 4.94. The van der Waals surface area contributed by atoms with E-state index in [-0.39, 0.29) is 10.6 Å². The number of carbonyl (C=O) groups excluding carboxylic acids is 1. The first-order chi connectivity index (χ1) is 12.6. The van der Waals surface area contributed by atoms with Gasteiger partial charge in [-0.25, -0.2) is 5.21 Å². The molecule has 0 bridgehead atoms. The van der Waals surface area contributed by atoms with Crippen LogP contribution in [0, 0.1) is 11.3 Å². The summed E-state index contributed by atoms with van der Waals surface area (Å²) in [5.41, 5.74) is 3.54. The first-order valence-corrected chi connectivity index (χ1v) is 8.54. The predicted octanol–water partition coefficient (Wildman–Crippen LogP) is 1.77. The molecule has 26 heavy (non-hydrogen) atoms. The Kier molecular flexibility index (Phi) is 4.17. The molecule has 0 radical (unpaired) electrons. The van der Waals surface area contributed by atoms with Crippen LogP contribution >= 0.6 is 0 Å². The second-order valence-electron chi connectivity index (χ2n) is 6.74. The zero-order chi connectivity index (χ0) is 18.1. The Hall–Kier alpha value is -2.79. The average molecular weight is 351 g/mol. The van der Waals surface area contributed by atoms with E-state index in [0.29, 0.717) is 44.1 Å².